The molecule has 0 saturated heterocycles. The fourth-order valence-corrected chi connectivity index (χ4v) is 1.50. The molecule has 2 N–H and O–H groups in total. The van der Waals surface area contributed by atoms with Crippen LogP contribution < -0.4 is 10.5 Å². The monoisotopic (exact) mass is 269 g/mol. The van der Waals surface area contributed by atoms with E-state index >= 15 is 0 Å². The van der Waals surface area contributed by atoms with Gasteiger partial charge >= 0.3 is 12.1 Å². The highest BCUT2D eigenvalue weighted by atomic mass is 19.4. The first kappa shape index (κ1) is 14.7. The van der Waals surface area contributed by atoms with Crippen LogP contribution in [0.15, 0.2) is 18.2 Å². The molecule has 0 spiro atoms. The van der Waals surface area contributed by atoms with E-state index in [9.17, 15) is 22.0 Å². The largest absolute Gasteiger partial charge is 0.497 e. The van der Waals surface area contributed by atoms with Crippen molar-refractivity contribution < 1.29 is 26.7 Å². The zero-order valence-electron chi connectivity index (χ0n) is 9.68. The van der Waals surface area contributed by atoms with Crippen LogP contribution in [0.5, 0.6) is 5.75 Å². The normalized spacial score (nSPS) is 14.4. The van der Waals surface area contributed by atoms with Gasteiger partial charge < -0.3 is 10.5 Å². The van der Waals surface area contributed by atoms with E-state index in [0.29, 0.717) is 5.75 Å². The SMILES string of the molecule is COc1ccc([C@H](N)C(F)(F)C(F)(F)F)c(C)c1. The van der Waals surface area contributed by atoms with Crippen molar-refractivity contribution in [2.24, 2.45) is 5.73 Å². The van der Waals surface area contributed by atoms with Crippen LogP contribution in [0.2, 0.25) is 0 Å². The van der Waals surface area contributed by atoms with Crippen molar-refractivity contribution in [3.63, 3.8) is 0 Å². The summed E-state index contributed by atoms with van der Waals surface area (Å²) in [5.41, 5.74) is 4.99. The lowest BCUT2D eigenvalue weighted by Gasteiger charge is -2.27. The third kappa shape index (κ3) is 2.55. The highest BCUT2D eigenvalue weighted by molar-refractivity contribution is 5.37. The van der Waals surface area contributed by atoms with Gasteiger partial charge in [-0.2, -0.15) is 22.0 Å². The molecule has 0 bridgehead atoms. The molecule has 18 heavy (non-hydrogen) atoms. The number of hydrogen-bond donors (Lipinski definition) is 1. The summed E-state index contributed by atoms with van der Waals surface area (Å²) in [6.45, 7) is 1.39. The second kappa shape index (κ2) is 4.72. The minimum absolute atomic E-state index is 0.214. The molecule has 2 nitrogen and oxygen atoms in total. The summed E-state index contributed by atoms with van der Waals surface area (Å²) < 4.78 is 67.6. The van der Waals surface area contributed by atoms with Crippen molar-refractivity contribution in [2.75, 3.05) is 7.11 Å². The number of nitrogens with two attached hydrogens (primary N) is 1. The molecule has 0 aromatic heterocycles. The number of benzene rings is 1. The summed E-state index contributed by atoms with van der Waals surface area (Å²) in [6, 6.07) is 1.30. The molecule has 0 aliphatic carbocycles. The van der Waals surface area contributed by atoms with Gasteiger partial charge in [-0.05, 0) is 30.2 Å². The number of alkyl halides is 5. The van der Waals surface area contributed by atoms with E-state index in [0.717, 1.165) is 6.07 Å². The Morgan fingerprint density at radius 2 is 1.72 bits per heavy atom. The van der Waals surface area contributed by atoms with E-state index in [4.69, 9.17) is 10.5 Å². The van der Waals surface area contributed by atoms with Gasteiger partial charge in [-0.1, -0.05) is 6.07 Å². The topological polar surface area (TPSA) is 35.2 Å². The summed E-state index contributed by atoms with van der Waals surface area (Å²) in [5.74, 6) is -4.62. The second-order valence-corrected chi connectivity index (χ2v) is 3.82. The van der Waals surface area contributed by atoms with Crippen LogP contribution in [0, 0.1) is 6.92 Å². The van der Waals surface area contributed by atoms with Gasteiger partial charge in [0.1, 0.15) is 11.8 Å². The van der Waals surface area contributed by atoms with Crippen LogP contribution in [-0.4, -0.2) is 19.2 Å². The molecular formula is C11H12F5NO. The van der Waals surface area contributed by atoms with E-state index in [2.05, 4.69) is 0 Å². The Labute approximate surface area is 101 Å². The minimum atomic E-state index is -5.68. The first-order valence-corrected chi connectivity index (χ1v) is 4.96. The quantitative estimate of drug-likeness (QED) is 0.855. The maximum atomic E-state index is 13.1. The van der Waals surface area contributed by atoms with Gasteiger partial charge in [-0.3, -0.25) is 0 Å². The Morgan fingerprint density at radius 3 is 2.11 bits per heavy atom. The standard InChI is InChI=1S/C11H12F5NO/c1-6-5-7(18-2)3-4-8(6)9(17)10(12,13)11(14,15)16/h3-5,9H,17H2,1-2H3/t9-/m0/s1. The van der Waals surface area contributed by atoms with Crippen molar-refractivity contribution in [3.8, 4) is 5.75 Å². The summed E-state index contributed by atoms with van der Waals surface area (Å²) in [7, 11) is 1.36. The van der Waals surface area contributed by atoms with Crippen LogP contribution in [0.3, 0.4) is 0 Å². The van der Waals surface area contributed by atoms with Crippen LogP contribution in [0.25, 0.3) is 0 Å². The molecule has 0 heterocycles. The van der Waals surface area contributed by atoms with Crippen molar-refractivity contribution >= 4 is 0 Å². The molecule has 0 amide bonds. The lowest BCUT2D eigenvalue weighted by atomic mass is 9.96. The third-order valence-electron chi connectivity index (χ3n) is 2.58. The maximum Gasteiger partial charge on any atom is 0.455 e. The van der Waals surface area contributed by atoms with Gasteiger partial charge in [0, 0.05) is 0 Å². The van der Waals surface area contributed by atoms with Gasteiger partial charge in [0.2, 0.25) is 0 Å². The predicted molar refractivity (Wildman–Crippen MR) is 55.7 cm³/mol. The van der Waals surface area contributed by atoms with Crippen LogP contribution in [0.4, 0.5) is 22.0 Å². The predicted octanol–water partition coefficient (Wildman–Crippen LogP) is 3.20. The average molecular weight is 269 g/mol. The Bertz CT molecular complexity index is 430. The van der Waals surface area contributed by atoms with Crippen molar-refractivity contribution in [1.82, 2.24) is 0 Å². The molecule has 0 aliphatic heterocycles. The van der Waals surface area contributed by atoms with Crippen molar-refractivity contribution in [1.29, 1.82) is 0 Å². The number of rotatable bonds is 3. The first-order chi connectivity index (χ1) is 8.11. The molecular weight excluding hydrogens is 257 g/mol. The number of halogens is 5. The van der Waals surface area contributed by atoms with Crippen LogP contribution in [-0.2, 0) is 0 Å². The number of aryl methyl sites for hydroxylation is 1. The van der Waals surface area contributed by atoms with Gasteiger partial charge in [-0.25, -0.2) is 0 Å². The zero-order valence-corrected chi connectivity index (χ0v) is 9.68. The molecule has 1 aromatic rings. The smallest absolute Gasteiger partial charge is 0.455 e. The lowest BCUT2D eigenvalue weighted by molar-refractivity contribution is -0.291. The molecule has 0 unspecified atom stereocenters. The fourth-order valence-electron chi connectivity index (χ4n) is 1.50. The molecule has 0 saturated carbocycles. The Hall–Kier alpha value is -1.37. The molecule has 1 atom stereocenters. The summed E-state index contributed by atoms with van der Waals surface area (Å²) in [5, 5.41) is 0. The Kier molecular flexibility index (Phi) is 3.85. The van der Waals surface area contributed by atoms with E-state index in [-0.39, 0.29) is 11.1 Å². The first-order valence-electron chi connectivity index (χ1n) is 4.96. The maximum absolute atomic E-state index is 13.1. The van der Waals surface area contributed by atoms with Gasteiger partial charge in [0.15, 0.2) is 0 Å². The summed E-state index contributed by atoms with van der Waals surface area (Å²) >= 11 is 0. The van der Waals surface area contributed by atoms with Gasteiger partial charge in [-0.15, -0.1) is 0 Å². The lowest BCUT2D eigenvalue weighted by Crippen LogP contribution is -2.46. The minimum Gasteiger partial charge on any atom is -0.497 e. The number of ether oxygens (including phenoxy) is 1. The van der Waals surface area contributed by atoms with E-state index < -0.39 is 18.1 Å². The van der Waals surface area contributed by atoms with Gasteiger partial charge in [0.05, 0.1) is 7.11 Å². The second-order valence-electron chi connectivity index (χ2n) is 3.82. The van der Waals surface area contributed by atoms with Crippen LogP contribution in [0.1, 0.15) is 17.2 Å². The van der Waals surface area contributed by atoms with Gasteiger partial charge in [0.25, 0.3) is 0 Å². The molecule has 0 aliphatic rings. The number of hydrogen-bond acceptors (Lipinski definition) is 2. The molecule has 102 valence electrons. The molecule has 7 heteroatoms. The summed E-state index contributed by atoms with van der Waals surface area (Å²) in [6.07, 6.45) is -5.68. The van der Waals surface area contributed by atoms with E-state index in [1.807, 2.05) is 0 Å². The van der Waals surface area contributed by atoms with E-state index in [1.165, 1.54) is 26.2 Å². The molecule has 1 aromatic carbocycles. The highest BCUT2D eigenvalue weighted by Gasteiger charge is 2.61. The highest BCUT2D eigenvalue weighted by Crippen LogP contribution is 2.44. The summed E-state index contributed by atoms with van der Waals surface area (Å²) in [4.78, 5) is 0. The number of methoxy groups -OCH3 is 1. The zero-order chi connectivity index (χ0) is 14.1. The van der Waals surface area contributed by atoms with Crippen LogP contribution >= 0.6 is 0 Å². The third-order valence-corrected chi connectivity index (χ3v) is 2.58. The Morgan fingerprint density at radius 1 is 1.17 bits per heavy atom. The van der Waals surface area contributed by atoms with Crippen molar-refractivity contribution in [3.05, 3.63) is 29.3 Å². The molecule has 0 fully saturated rings. The average Bonchev–Trinajstić information content (AvgIpc) is 2.26. The fraction of sp³-hybridized carbons (Fsp3) is 0.455. The van der Waals surface area contributed by atoms with Crippen molar-refractivity contribution in [2.45, 2.75) is 25.1 Å². The van der Waals surface area contributed by atoms with E-state index in [1.54, 1.807) is 0 Å². The molecule has 1 rings (SSSR count). The Balaban J connectivity index is 3.15. The molecule has 0 radical (unpaired) electrons.